The molecular weight excluding hydrogens is 284 g/mol. The topological polar surface area (TPSA) is 101 Å². The van der Waals surface area contributed by atoms with Crippen molar-refractivity contribution in [1.29, 1.82) is 0 Å². The number of methoxy groups -OCH3 is 1. The quantitative estimate of drug-likeness (QED) is 0.634. The van der Waals surface area contributed by atoms with Crippen LogP contribution in [0.25, 0.3) is 0 Å². The molecule has 2 unspecified atom stereocenters. The Kier molecular flexibility index (Phi) is 4.77. The maximum absolute atomic E-state index is 11.9. The summed E-state index contributed by atoms with van der Waals surface area (Å²) in [5.74, 6) is -1.95. The smallest absolute Gasteiger partial charge is 0.330 e. The van der Waals surface area contributed by atoms with Crippen LogP contribution in [-0.2, 0) is 19.6 Å². The second-order valence-corrected chi connectivity index (χ2v) is 6.43. The standard InChI is InChI=1S/C13H18O6S/c1-4-11(9-6-5-7-10(14)8-9)13(2,12(15)19-3)20(16,17)18/h5-8,11,14H,4H2,1-3H3,(H,16,17,18). The highest BCUT2D eigenvalue weighted by atomic mass is 32.2. The molecule has 20 heavy (non-hydrogen) atoms. The third kappa shape index (κ3) is 2.78. The van der Waals surface area contributed by atoms with Gasteiger partial charge in [-0.2, -0.15) is 8.42 Å². The molecule has 0 amide bonds. The number of benzene rings is 1. The molecule has 0 spiro atoms. The fourth-order valence-corrected chi connectivity index (χ4v) is 3.27. The van der Waals surface area contributed by atoms with Gasteiger partial charge in [-0.25, -0.2) is 0 Å². The fourth-order valence-electron chi connectivity index (χ4n) is 2.31. The molecule has 7 heteroatoms. The van der Waals surface area contributed by atoms with Crippen molar-refractivity contribution in [3.05, 3.63) is 29.8 Å². The van der Waals surface area contributed by atoms with Crippen LogP contribution in [0.5, 0.6) is 5.75 Å². The minimum Gasteiger partial charge on any atom is -0.508 e. The predicted molar refractivity (Wildman–Crippen MR) is 73.1 cm³/mol. The Morgan fingerprint density at radius 1 is 1.45 bits per heavy atom. The van der Waals surface area contributed by atoms with Crippen molar-refractivity contribution in [2.24, 2.45) is 0 Å². The molecule has 6 nitrogen and oxygen atoms in total. The summed E-state index contributed by atoms with van der Waals surface area (Å²) in [6.07, 6.45) is 0.259. The van der Waals surface area contributed by atoms with Crippen LogP contribution in [0.4, 0.5) is 0 Å². The third-order valence-electron chi connectivity index (χ3n) is 3.47. The molecule has 0 heterocycles. The van der Waals surface area contributed by atoms with Crippen LogP contribution < -0.4 is 0 Å². The van der Waals surface area contributed by atoms with Crippen LogP contribution in [0, 0.1) is 0 Å². The molecule has 0 aliphatic rings. The molecule has 112 valence electrons. The summed E-state index contributed by atoms with van der Waals surface area (Å²) < 4.78 is 35.3. The first-order valence-corrected chi connectivity index (χ1v) is 7.46. The van der Waals surface area contributed by atoms with E-state index >= 15 is 0 Å². The third-order valence-corrected chi connectivity index (χ3v) is 5.00. The SMILES string of the molecule is CCC(c1cccc(O)c1)C(C)(C(=O)OC)S(=O)(=O)O. The van der Waals surface area contributed by atoms with Gasteiger partial charge in [-0.1, -0.05) is 19.1 Å². The van der Waals surface area contributed by atoms with Crippen LogP contribution in [0.3, 0.4) is 0 Å². The first kappa shape index (κ1) is 16.5. The van der Waals surface area contributed by atoms with Gasteiger partial charge in [0.2, 0.25) is 0 Å². The van der Waals surface area contributed by atoms with E-state index < -0.39 is 26.8 Å². The Morgan fingerprint density at radius 2 is 2.05 bits per heavy atom. The molecule has 0 bridgehead atoms. The molecule has 1 aromatic carbocycles. The van der Waals surface area contributed by atoms with Crippen LogP contribution in [0.15, 0.2) is 24.3 Å². The van der Waals surface area contributed by atoms with E-state index in [4.69, 9.17) is 0 Å². The summed E-state index contributed by atoms with van der Waals surface area (Å²) in [4.78, 5) is 11.9. The number of hydrogen-bond donors (Lipinski definition) is 2. The molecule has 0 saturated carbocycles. The molecule has 1 aromatic rings. The highest BCUT2D eigenvalue weighted by Gasteiger charge is 2.53. The van der Waals surface area contributed by atoms with Crippen molar-refractivity contribution in [1.82, 2.24) is 0 Å². The summed E-state index contributed by atoms with van der Waals surface area (Å²) >= 11 is 0. The fraction of sp³-hybridized carbons (Fsp3) is 0.462. The molecule has 0 saturated heterocycles. The van der Waals surface area contributed by atoms with E-state index in [1.165, 1.54) is 18.2 Å². The number of aromatic hydroxyl groups is 1. The molecule has 0 aliphatic heterocycles. The second kappa shape index (κ2) is 5.80. The Labute approximate surface area is 118 Å². The molecule has 0 aliphatic carbocycles. The number of phenols is 1. The van der Waals surface area contributed by atoms with Crippen LogP contribution in [-0.4, -0.2) is 35.9 Å². The normalized spacial score (nSPS) is 16.2. The monoisotopic (exact) mass is 302 g/mol. The lowest BCUT2D eigenvalue weighted by Crippen LogP contribution is -2.49. The van der Waals surface area contributed by atoms with Crippen LogP contribution >= 0.6 is 0 Å². The molecular formula is C13H18O6S. The van der Waals surface area contributed by atoms with E-state index in [1.807, 2.05) is 0 Å². The minimum atomic E-state index is -4.70. The lowest BCUT2D eigenvalue weighted by Gasteiger charge is -2.32. The van der Waals surface area contributed by atoms with E-state index in [0.717, 1.165) is 14.0 Å². The van der Waals surface area contributed by atoms with Gasteiger partial charge in [0.15, 0.2) is 4.75 Å². The largest absolute Gasteiger partial charge is 0.508 e. The van der Waals surface area contributed by atoms with E-state index in [9.17, 15) is 22.9 Å². The number of phenolic OH excluding ortho intramolecular Hbond substituents is 1. The van der Waals surface area contributed by atoms with Gasteiger partial charge in [0, 0.05) is 5.92 Å². The Hall–Kier alpha value is -1.60. The summed E-state index contributed by atoms with van der Waals surface area (Å²) in [6, 6.07) is 5.91. The first-order chi connectivity index (χ1) is 9.18. The zero-order valence-corrected chi connectivity index (χ0v) is 12.3. The second-order valence-electron chi connectivity index (χ2n) is 4.63. The maximum atomic E-state index is 11.9. The summed E-state index contributed by atoms with van der Waals surface area (Å²) in [7, 11) is -3.65. The molecule has 0 fully saturated rings. The van der Waals surface area contributed by atoms with Crippen LogP contribution in [0.1, 0.15) is 31.7 Å². The van der Waals surface area contributed by atoms with Gasteiger partial charge >= 0.3 is 5.97 Å². The maximum Gasteiger partial charge on any atom is 0.330 e. The molecule has 0 aromatic heterocycles. The number of carbonyl (C=O) groups is 1. The summed E-state index contributed by atoms with van der Waals surface area (Å²) in [6.45, 7) is 2.80. The molecule has 1 rings (SSSR count). The van der Waals surface area contributed by atoms with Gasteiger partial charge in [-0.05, 0) is 31.0 Å². The zero-order chi connectivity index (χ0) is 15.6. The molecule has 2 N–H and O–H groups in total. The Bertz CT molecular complexity index is 595. The van der Waals surface area contributed by atoms with Crippen molar-refractivity contribution in [3.8, 4) is 5.75 Å². The highest BCUT2D eigenvalue weighted by Crippen LogP contribution is 2.38. The van der Waals surface area contributed by atoms with E-state index in [0.29, 0.717) is 5.56 Å². The predicted octanol–water partition coefficient (Wildman–Crippen LogP) is 1.71. The van der Waals surface area contributed by atoms with Crippen molar-refractivity contribution >= 4 is 16.1 Å². The summed E-state index contributed by atoms with van der Waals surface area (Å²) in [5.41, 5.74) is 0.429. The average molecular weight is 302 g/mol. The number of carbonyl (C=O) groups excluding carboxylic acids is 1. The lowest BCUT2D eigenvalue weighted by molar-refractivity contribution is -0.144. The molecule has 2 atom stereocenters. The number of hydrogen-bond acceptors (Lipinski definition) is 5. The number of rotatable bonds is 5. The Balaban J connectivity index is 3.49. The van der Waals surface area contributed by atoms with Gasteiger partial charge in [0.25, 0.3) is 10.1 Å². The van der Waals surface area contributed by atoms with E-state index in [-0.39, 0.29) is 12.2 Å². The van der Waals surface area contributed by atoms with E-state index in [1.54, 1.807) is 13.0 Å². The minimum absolute atomic E-state index is 0.0523. The highest BCUT2D eigenvalue weighted by molar-refractivity contribution is 7.88. The van der Waals surface area contributed by atoms with Crippen molar-refractivity contribution < 1.29 is 27.6 Å². The van der Waals surface area contributed by atoms with Gasteiger partial charge in [-0.15, -0.1) is 0 Å². The van der Waals surface area contributed by atoms with Crippen LogP contribution in [0.2, 0.25) is 0 Å². The van der Waals surface area contributed by atoms with Gasteiger partial charge in [0.05, 0.1) is 7.11 Å². The first-order valence-electron chi connectivity index (χ1n) is 6.02. The number of ether oxygens (including phenoxy) is 1. The Morgan fingerprint density at radius 3 is 2.45 bits per heavy atom. The van der Waals surface area contributed by atoms with Gasteiger partial charge in [-0.3, -0.25) is 9.35 Å². The van der Waals surface area contributed by atoms with Gasteiger partial charge in [0.1, 0.15) is 5.75 Å². The van der Waals surface area contributed by atoms with E-state index in [2.05, 4.69) is 4.74 Å². The van der Waals surface area contributed by atoms with Crippen molar-refractivity contribution in [3.63, 3.8) is 0 Å². The van der Waals surface area contributed by atoms with Crippen molar-refractivity contribution in [2.75, 3.05) is 7.11 Å². The average Bonchev–Trinajstić information content (AvgIpc) is 2.37. The van der Waals surface area contributed by atoms with Gasteiger partial charge < -0.3 is 9.84 Å². The lowest BCUT2D eigenvalue weighted by atomic mass is 9.84. The molecule has 0 radical (unpaired) electrons. The zero-order valence-electron chi connectivity index (χ0n) is 11.5. The van der Waals surface area contributed by atoms with Crippen molar-refractivity contribution in [2.45, 2.75) is 30.9 Å². The summed E-state index contributed by atoms with van der Waals surface area (Å²) in [5, 5.41) is 9.49. The number of esters is 1.